The Morgan fingerprint density at radius 3 is 2.39 bits per heavy atom. The Labute approximate surface area is 136 Å². The minimum atomic E-state index is -0.577. The van der Waals surface area contributed by atoms with Crippen LogP contribution in [0.2, 0.25) is 0 Å². The zero-order valence-corrected chi connectivity index (χ0v) is 13.6. The second-order valence-electron chi connectivity index (χ2n) is 6.29. The van der Waals surface area contributed by atoms with Gasteiger partial charge in [-0.2, -0.15) is 0 Å². The number of halogens is 1. The predicted molar refractivity (Wildman–Crippen MR) is 86.7 cm³/mol. The molecule has 0 bridgehead atoms. The Hall–Kier alpha value is -2.36. The van der Waals surface area contributed by atoms with Gasteiger partial charge in [0.2, 0.25) is 0 Å². The van der Waals surface area contributed by atoms with Gasteiger partial charge in [-0.25, -0.2) is 4.39 Å². The zero-order valence-electron chi connectivity index (χ0n) is 13.6. The van der Waals surface area contributed by atoms with E-state index in [2.05, 4.69) is 0 Å². The van der Waals surface area contributed by atoms with Gasteiger partial charge in [0.05, 0.1) is 6.42 Å². The average Bonchev–Trinajstić information content (AvgIpc) is 2.47. The molecule has 4 heteroatoms. The molecule has 2 aromatic rings. The fraction of sp³-hybridized carbons (Fsp3) is 0.316. The highest BCUT2D eigenvalue weighted by molar-refractivity contribution is 5.73. The van der Waals surface area contributed by atoms with Crippen molar-refractivity contribution in [1.82, 2.24) is 0 Å². The van der Waals surface area contributed by atoms with Crippen LogP contribution in [0.4, 0.5) is 4.39 Å². The molecule has 0 saturated carbocycles. The summed E-state index contributed by atoms with van der Waals surface area (Å²) in [6.07, 6.45) is -0.0952. The average molecular weight is 316 g/mol. The number of rotatable bonds is 5. The minimum absolute atomic E-state index is 0.0952. The Bertz CT molecular complexity index is 660. The number of benzene rings is 2. The van der Waals surface area contributed by atoms with Crippen LogP contribution in [0.3, 0.4) is 0 Å². The van der Waals surface area contributed by atoms with Gasteiger partial charge in [-0.15, -0.1) is 0 Å². The van der Waals surface area contributed by atoms with Crippen LogP contribution < -0.4 is 4.74 Å². The van der Waals surface area contributed by atoms with E-state index in [1.165, 1.54) is 6.07 Å². The van der Waals surface area contributed by atoms with Crippen LogP contribution in [0, 0.1) is 5.82 Å². The van der Waals surface area contributed by atoms with Crippen molar-refractivity contribution in [2.24, 2.45) is 0 Å². The first-order chi connectivity index (χ1) is 10.8. The molecule has 23 heavy (non-hydrogen) atoms. The summed E-state index contributed by atoms with van der Waals surface area (Å²) in [6, 6.07) is 14.1. The van der Waals surface area contributed by atoms with Crippen molar-refractivity contribution in [3.05, 3.63) is 65.5 Å². The van der Waals surface area contributed by atoms with Crippen LogP contribution in [0.1, 0.15) is 31.9 Å². The summed E-state index contributed by atoms with van der Waals surface area (Å²) < 4.78 is 24.8. The third kappa shape index (κ3) is 5.74. The predicted octanol–water partition coefficient (Wildman–Crippen LogP) is 4.29. The second-order valence-corrected chi connectivity index (χ2v) is 6.29. The molecular weight excluding hydrogens is 295 g/mol. The maximum Gasteiger partial charge on any atom is 0.310 e. The summed E-state index contributed by atoms with van der Waals surface area (Å²) in [4.78, 5) is 11.8. The summed E-state index contributed by atoms with van der Waals surface area (Å²) in [5, 5.41) is 0. The van der Waals surface area contributed by atoms with Crippen LogP contribution in [0.25, 0.3) is 0 Å². The van der Waals surface area contributed by atoms with E-state index < -0.39 is 17.4 Å². The molecule has 2 aromatic carbocycles. The van der Waals surface area contributed by atoms with Gasteiger partial charge in [-0.3, -0.25) is 4.79 Å². The second kappa shape index (κ2) is 7.27. The molecule has 0 N–H and O–H groups in total. The van der Waals surface area contributed by atoms with Gasteiger partial charge < -0.3 is 9.47 Å². The Morgan fingerprint density at radius 1 is 1.09 bits per heavy atom. The smallest absolute Gasteiger partial charge is 0.310 e. The Balaban J connectivity index is 1.96. The molecule has 0 atom stereocenters. The minimum Gasteiger partial charge on any atom is -0.489 e. The third-order valence-corrected chi connectivity index (χ3v) is 3.03. The van der Waals surface area contributed by atoms with Gasteiger partial charge in [0.1, 0.15) is 23.8 Å². The van der Waals surface area contributed by atoms with E-state index in [-0.39, 0.29) is 6.42 Å². The van der Waals surface area contributed by atoms with Crippen molar-refractivity contribution < 1.29 is 18.7 Å². The first-order valence-corrected chi connectivity index (χ1v) is 7.50. The number of carbonyl (C=O) groups is 1. The molecule has 0 heterocycles. The Kier molecular flexibility index (Phi) is 5.37. The van der Waals surface area contributed by atoms with Gasteiger partial charge >= 0.3 is 5.97 Å². The van der Waals surface area contributed by atoms with Crippen molar-refractivity contribution >= 4 is 5.97 Å². The van der Waals surface area contributed by atoms with E-state index >= 15 is 0 Å². The van der Waals surface area contributed by atoms with E-state index in [1.54, 1.807) is 32.9 Å². The van der Waals surface area contributed by atoms with E-state index in [1.807, 2.05) is 30.3 Å². The third-order valence-electron chi connectivity index (χ3n) is 3.03. The van der Waals surface area contributed by atoms with Gasteiger partial charge in [0.25, 0.3) is 0 Å². The lowest BCUT2D eigenvalue weighted by Crippen LogP contribution is -2.25. The summed E-state index contributed by atoms with van der Waals surface area (Å²) in [5.74, 6) is -0.491. The first-order valence-electron chi connectivity index (χ1n) is 7.50. The molecule has 0 aromatic heterocycles. The lowest BCUT2D eigenvalue weighted by molar-refractivity contribution is -0.153. The Morgan fingerprint density at radius 2 is 1.78 bits per heavy atom. The van der Waals surface area contributed by atoms with Crippen molar-refractivity contribution in [1.29, 1.82) is 0 Å². The maximum absolute atomic E-state index is 14.1. The van der Waals surface area contributed by atoms with Crippen LogP contribution in [-0.2, 0) is 22.6 Å². The number of hydrogen-bond donors (Lipinski definition) is 0. The number of hydrogen-bond acceptors (Lipinski definition) is 3. The van der Waals surface area contributed by atoms with E-state index in [4.69, 9.17) is 9.47 Å². The van der Waals surface area contributed by atoms with E-state index in [0.717, 1.165) is 5.56 Å². The van der Waals surface area contributed by atoms with Gasteiger partial charge in [0, 0.05) is 6.07 Å². The quantitative estimate of drug-likeness (QED) is 0.772. The fourth-order valence-corrected chi connectivity index (χ4v) is 2.04. The van der Waals surface area contributed by atoms with Gasteiger partial charge in [0.15, 0.2) is 0 Å². The molecule has 0 spiro atoms. The molecule has 0 unspecified atom stereocenters. The number of esters is 1. The zero-order chi connectivity index (χ0) is 16.9. The van der Waals surface area contributed by atoms with Crippen LogP contribution in [-0.4, -0.2) is 11.6 Å². The molecule has 0 saturated heterocycles. The van der Waals surface area contributed by atoms with Crippen molar-refractivity contribution in [2.75, 3.05) is 0 Å². The van der Waals surface area contributed by atoms with Crippen LogP contribution >= 0.6 is 0 Å². The summed E-state index contributed by atoms with van der Waals surface area (Å²) in [6.45, 7) is 5.71. The summed E-state index contributed by atoms with van der Waals surface area (Å²) in [5.41, 5.74) is 0.726. The highest BCUT2D eigenvalue weighted by Crippen LogP contribution is 2.19. The van der Waals surface area contributed by atoms with E-state index in [9.17, 15) is 9.18 Å². The molecule has 122 valence electrons. The van der Waals surface area contributed by atoms with Crippen molar-refractivity contribution in [3.63, 3.8) is 0 Å². The van der Waals surface area contributed by atoms with Crippen molar-refractivity contribution in [2.45, 2.75) is 39.4 Å². The fourth-order valence-electron chi connectivity index (χ4n) is 2.04. The number of ether oxygens (including phenoxy) is 2. The maximum atomic E-state index is 14.1. The summed E-state index contributed by atoms with van der Waals surface area (Å²) in [7, 11) is 0. The van der Waals surface area contributed by atoms with Crippen LogP contribution in [0.15, 0.2) is 48.5 Å². The molecule has 2 rings (SSSR count). The highest BCUT2D eigenvalue weighted by atomic mass is 19.1. The van der Waals surface area contributed by atoms with Gasteiger partial charge in [-0.1, -0.05) is 36.4 Å². The molecular formula is C19H21FO3. The van der Waals surface area contributed by atoms with Gasteiger partial charge in [-0.05, 0) is 38.0 Å². The highest BCUT2D eigenvalue weighted by Gasteiger charge is 2.18. The van der Waals surface area contributed by atoms with Crippen molar-refractivity contribution in [3.8, 4) is 5.75 Å². The molecule has 0 fully saturated rings. The normalized spacial score (nSPS) is 11.1. The lowest BCUT2D eigenvalue weighted by Gasteiger charge is -2.19. The molecule has 0 aliphatic rings. The molecule has 0 aliphatic heterocycles. The van der Waals surface area contributed by atoms with Crippen LogP contribution in [0.5, 0.6) is 5.75 Å². The monoisotopic (exact) mass is 316 g/mol. The standard InChI is InChI=1S/C19H21FO3/c1-19(2,3)23-18(21)11-15-9-10-16(12-17(15)20)22-13-14-7-5-4-6-8-14/h4-10,12H,11,13H2,1-3H3. The SMILES string of the molecule is CC(C)(C)OC(=O)Cc1ccc(OCc2ccccc2)cc1F. The topological polar surface area (TPSA) is 35.5 Å². The first kappa shape index (κ1) is 17.0. The molecule has 0 radical (unpaired) electrons. The summed E-state index contributed by atoms with van der Waals surface area (Å²) >= 11 is 0. The lowest BCUT2D eigenvalue weighted by atomic mass is 10.1. The molecule has 0 aliphatic carbocycles. The number of carbonyl (C=O) groups excluding carboxylic acids is 1. The molecule has 0 amide bonds. The molecule has 3 nitrogen and oxygen atoms in total. The largest absolute Gasteiger partial charge is 0.489 e. The van der Waals surface area contributed by atoms with E-state index in [0.29, 0.717) is 17.9 Å².